The van der Waals surface area contributed by atoms with E-state index in [0.717, 1.165) is 17.6 Å². The van der Waals surface area contributed by atoms with Gasteiger partial charge in [-0.2, -0.15) is 5.10 Å². The quantitative estimate of drug-likeness (QED) is 0.481. The molecule has 2 N–H and O–H groups in total. The van der Waals surface area contributed by atoms with Gasteiger partial charge in [-0.1, -0.05) is 6.07 Å². The zero-order valence-corrected chi connectivity index (χ0v) is 17.1. The van der Waals surface area contributed by atoms with Gasteiger partial charge >= 0.3 is 5.97 Å². The van der Waals surface area contributed by atoms with Crippen molar-refractivity contribution in [3.63, 3.8) is 0 Å². The number of hydrogen-bond acceptors (Lipinski definition) is 7. The molecule has 4 aromatic rings. The fourth-order valence-electron chi connectivity index (χ4n) is 3.13. The molecule has 9 nitrogen and oxygen atoms in total. The van der Waals surface area contributed by atoms with Crippen LogP contribution in [0.4, 0.5) is 0 Å². The number of aromatic hydroxyl groups is 1. The number of benzene rings is 1. The van der Waals surface area contributed by atoms with Crippen molar-refractivity contribution in [3.05, 3.63) is 69.6 Å². The Hall–Kier alpha value is -3.44. The van der Waals surface area contributed by atoms with Crippen LogP contribution in [-0.2, 0) is 16.4 Å². The molecular weight excluding hydrogens is 430 g/mol. The second-order valence-electron chi connectivity index (χ2n) is 6.62. The van der Waals surface area contributed by atoms with Crippen molar-refractivity contribution >= 4 is 37.4 Å². The molecule has 0 saturated carbocycles. The van der Waals surface area contributed by atoms with Gasteiger partial charge in [-0.3, -0.25) is 9.36 Å². The van der Waals surface area contributed by atoms with Crippen LogP contribution in [0.2, 0.25) is 0 Å². The van der Waals surface area contributed by atoms with E-state index in [1.54, 1.807) is 29.8 Å². The number of carboxylic acids is 1. The largest absolute Gasteiger partial charge is 0.502 e. The third-order valence-electron chi connectivity index (χ3n) is 4.55. The number of nitrogens with zero attached hydrogens (tertiary/aromatic N) is 3. The molecule has 0 aliphatic carbocycles. The lowest BCUT2D eigenvalue weighted by Crippen LogP contribution is -2.22. The zero-order chi connectivity index (χ0) is 21.6. The maximum absolute atomic E-state index is 12.6. The lowest BCUT2D eigenvalue weighted by molar-refractivity contribution is 0.0695. The highest BCUT2D eigenvalue weighted by Gasteiger charge is 2.22. The van der Waals surface area contributed by atoms with Crippen molar-refractivity contribution in [3.8, 4) is 11.4 Å². The molecule has 0 atom stereocenters. The molecule has 3 heterocycles. The Balaban J connectivity index is 1.76. The van der Waals surface area contributed by atoms with Crippen LogP contribution in [0.1, 0.15) is 15.9 Å². The van der Waals surface area contributed by atoms with Gasteiger partial charge < -0.3 is 10.2 Å². The number of fused-ring (bicyclic) bond motifs is 1. The molecule has 1 aromatic carbocycles. The van der Waals surface area contributed by atoms with Gasteiger partial charge in [-0.05, 0) is 29.6 Å². The molecule has 0 aliphatic heterocycles. The summed E-state index contributed by atoms with van der Waals surface area (Å²) in [5.41, 5.74) is 0.310. The summed E-state index contributed by atoms with van der Waals surface area (Å²) in [6, 6.07) is 7.90. The van der Waals surface area contributed by atoms with Gasteiger partial charge in [0.15, 0.2) is 15.6 Å². The molecule has 0 aliphatic rings. The predicted molar refractivity (Wildman–Crippen MR) is 110 cm³/mol. The second kappa shape index (κ2) is 7.11. The van der Waals surface area contributed by atoms with E-state index in [-0.39, 0.29) is 11.4 Å². The number of hydrogen-bond donors (Lipinski definition) is 2. The van der Waals surface area contributed by atoms with Crippen LogP contribution in [0, 0.1) is 0 Å². The smallest absolute Gasteiger partial charge is 0.341 e. The third-order valence-corrected chi connectivity index (χ3v) is 6.58. The summed E-state index contributed by atoms with van der Waals surface area (Å²) in [5.74, 6) is -2.19. The normalized spacial score (nSPS) is 11.8. The van der Waals surface area contributed by atoms with Gasteiger partial charge in [-0.15, -0.1) is 11.3 Å². The Morgan fingerprint density at radius 2 is 2.03 bits per heavy atom. The maximum Gasteiger partial charge on any atom is 0.341 e. The molecule has 0 bridgehead atoms. The molecule has 0 radical (unpaired) electrons. The molecule has 0 fully saturated rings. The van der Waals surface area contributed by atoms with E-state index in [4.69, 9.17) is 0 Å². The van der Waals surface area contributed by atoms with Gasteiger partial charge in [0.05, 0.1) is 33.5 Å². The average molecular weight is 445 g/mol. The Labute approximate surface area is 174 Å². The second-order valence-corrected chi connectivity index (χ2v) is 9.55. The highest BCUT2D eigenvalue weighted by molar-refractivity contribution is 7.90. The number of aromatic nitrogens is 3. The van der Waals surface area contributed by atoms with E-state index >= 15 is 0 Å². The molecule has 154 valence electrons. The van der Waals surface area contributed by atoms with E-state index in [0.29, 0.717) is 21.5 Å². The van der Waals surface area contributed by atoms with Gasteiger partial charge in [0.2, 0.25) is 0 Å². The molecule has 4 rings (SSSR count). The third kappa shape index (κ3) is 3.37. The standard InChI is InChI=1S/C19H15N3O6S2/c1-30(27,28)13-4-2-3-12(7-13)22-10-11(8-20-22)9-21-14-5-6-29-17(14)15(19(25)26)16(23)18(21)24/h2-8,10,23H,9H2,1H3,(H,25,26). The molecule has 0 spiro atoms. The summed E-state index contributed by atoms with van der Waals surface area (Å²) in [6.45, 7) is 0.0469. The number of rotatable bonds is 5. The van der Waals surface area contributed by atoms with Crippen LogP contribution in [0.25, 0.3) is 15.9 Å². The molecule has 0 amide bonds. The predicted octanol–water partition coefficient (Wildman–Crippen LogP) is 2.10. The number of pyridine rings is 1. The minimum Gasteiger partial charge on any atom is -0.502 e. The average Bonchev–Trinajstić information content (AvgIpc) is 3.34. The summed E-state index contributed by atoms with van der Waals surface area (Å²) >= 11 is 1.12. The first kappa shape index (κ1) is 19.9. The Kier molecular flexibility index (Phi) is 4.71. The highest BCUT2D eigenvalue weighted by Crippen LogP contribution is 2.29. The molecule has 11 heteroatoms. The first-order valence-electron chi connectivity index (χ1n) is 8.57. The van der Waals surface area contributed by atoms with Gasteiger partial charge in [0, 0.05) is 18.0 Å². The van der Waals surface area contributed by atoms with E-state index in [1.807, 2.05) is 0 Å². The van der Waals surface area contributed by atoms with Crippen molar-refractivity contribution in [2.24, 2.45) is 0 Å². The maximum atomic E-state index is 12.6. The van der Waals surface area contributed by atoms with Crippen LogP contribution in [0.15, 0.2) is 57.8 Å². The summed E-state index contributed by atoms with van der Waals surface area (Å²) in [4.78, 5) is 24.2. The SMILES string of the molecule is CS(=O)(=O)c1cccc(-n2cc(Cn3c(=O)c(O)c(C(=O)O)c4sccc43)cn2)c1. The van der Waals surface area contributed by atoms with Gasteiger partial charge in [-0.25, -0.2) is 17.9 Å². The van der Waals surface area contributed by atoms with Crippen LogP contribution in [0.3, 0.4) is 0 Å². The summed E-state index contributed by atoms with van der Waals surface area (Å²) in [6.07, 6.45) is 4.26. The highest BCUT2D eigenvalue weighted by atomic mass is 32.2. The summed E-state index contributed by atoms with van der Waals surface area (Å²) < 4.78 is 26.6. The van der Waals surface area contributed by atoms with Crippen molar-refractivity contribution in [2.45, 2.75) is 11.4 Å². The van der Waals surface area contributed by atoms with Crippen molar-refractivity contribution in [1.29, 1.82) is 0 Å². The topological polar surface area (TPSA) is 131 Å². The van der Waals surface area contributed by atoms with Crippen molar-refractivity contribution in [1.82, 2.24) is 14.3 Å². The number of carboxylic acid groups (broad SMARTS) is 1. The van der Waals surface area contributed by atoms with Crippen molar-refractivity contribution in [2.75, 3.05) is 6.26 Å². The number of aromatic carboxylic acids is 1. The lowest BCUT2D eigenvalue weighted by Gasteiger charge is -2.10. The molecule has 0 saturated heterocycles. The first-order chi connectivity index (χ1) is 14.2. The monoisotopic (exact) mass is 445 g/mol. The molecule has 0 unspecified atom stereocenters. The van der Waals surface area contributed by atoms with Crippen LogP contribution >= 0.6 is 11.3 Å². The fraction of sp³-hybridized carbons (Fsp3) is 0.105. The summed E-state index contributed by atoms with van der Waals surface area (Å²) in [7, 11) is -3.38. The Bertz CT molecular complexity index is 1460. The number of sulfone groups is 1. The lowest BCUT2D eigenvalue weighted by atomic mass is 10.2. The van der Waals surface area contributed by atoms with E-state index in [9.17, 15) is 28.2 Å². The first-order valence-corrected chi connectivity index (χ1v) is 11.3. The van der Waals surface area contributed by atoms with E-state index in [1.165, 1.54) is 27.6 Å². The molecule has 30 heavy (non-hydrogen) atoms. The van der Waals surface area contributed by atoms with Gasteiger partial charge in [0.25, 0.3) is 5.56 Å². The van der Waals surface area contributed by atoms with Crippen molar-refractivity contribution < 1.29 is 23.4 Å². The number of carbonyl (C=O) groups is 1. The molecular formula is C19H15N3O6S2. The Morgan fingerprint density at radius 3 is 2.73 bits per heavy atom. The minimum absolute atomic E-state index is 0.0469. The number of thiophene rings is 1. The zero-order valence-electron chi connectivity index (χ0n) is 15.5. The van der Waals surface area contributed by atoms with E-state index < -0.39 is 32.7 Å². The van der Waals surface area contributed by atoms with E-state index in [2.05, 4.69) is 5.10 Å². The Morgan fingerprint density at radius 1 is 1.27 bits per heavy atom. The van der Waals surface area contributed by atoms with Crippen LogP contribution in [-0.4, -0.2) is 45.2 Å². The van der Waals surface area contributed by atoms with Crippen LogP contribution < -0.4 is 5.56 Å². The van der Waals surface area contributed by atoms with Gasteiger partial charge in [0.1, 0.15) is 5.56 Å². The minimum atomic E-state index is -3.38. The van der Waals surface area contributed by atoms with Crippen LogP contribution in [0.5, 0.6) is 5.75 Å². The fourth-order valence-corrected chi connectivity index (χ4v) is 4.73. The summed E-state index contributed by atoms with van der Waals surface area (Å²) in [5, 5.41) is 25.4. The molecule has 3 aromatic heterocycles.